The number of amides is 2. The van der Waals surface area contributed by atoms with Crippen LogP contribution in [0.25, 0.3) is 0 Å². The second-order valence-electron chi connectivity index (χ2n) is 10.5. The third-order valence-corrected chi connectivity index (χ3v) is 7.81. The van der Waals surface area contributed by atoms with E-state index in [1.54, 1.807) is 45.2 Å². The van der Waals surface area contributed by atoms with Crippen molar-refractivity contribution in [3.8, 4) is 5.75 Å². The molecule has 0 atom stereocenters. The number of esters is 2. The molecule has 0 spiro atoms. The molecule has 4 rings (SSSR count). The van der Waals surface area contributed by atoms with Crippen LogP contribution in [0, 0.1) is 0 Å². The number of allylic oxidation sites excluding steroid dienone is 2. The van der Waals surface area contributed by atoms with Crippen molar-refractivity contribution in [2.45, 2.75) is 38.6 Å². The van der Waals surface area contributed by atoms with Crippen LogP contribution >= 0.6 is 0 Å². The number of para-hydroxylation sites is 2. The molecular weight excluding hydrogens is 550 g/mol. The van der Waals surface area contributed by atoms with E-state index in [2.05, 4.69) is 32.2 Å². The molecule has 2 aliphatic rings. The van der Waals surface area contributed by atoms with Crippen molar-refractivity contribution in [2.24, 2.45) is 0 Å². The smallest absolute Gasteiger partial charge is 0.336 e. The number of carbonyl (C=O) groups excluding carboxylic acids is 3. The highest BCUT2D eigenvalue weighted by molar-refractivity contribution is 6.00. The Hall–Kier alpha value is -4.51. The minimum absolute atomic E-state index is 0.301. The van der Waals surface area contributed by atoms with Gasteiger partial charge in [-0.2, -0.15) is 0 Å². The van der Waals surface area contributed by atoms with Crippen LogP contribution in [-0.2, 0) is 19.1 Å². The number of dihydropyridines is 1. The average molecular weight is 592 g/mol. The van der Waals surface area contributed by atoms with Crippen molar-refractivity contribution < 1.29 is 28.6 Å². The highest BCUT2D eigenvalue weighted by atomic mass is 16.5. The van der Waals surface area contributed by atoms with E-state index in [1.807, 2.05) is 18.2 Å². The molecule has 2 heterocycles. The van der Waals surface area contributed by atoms with Crippen LogP contribution in [0.4, 0.5) is 16.2 Å². The Morgan fingerprint density at radius 2 is 1.53 bits per heavy atom. The number of nitrogens with zero attached hydrogens (tertiary/aromatic N) is 1. The summed E-state index contributed by atoms with van der Waals surface area (Å²) in [7, 11) is 4.29. The van der Waals surface area contributed by atoms with Gasteiger partial charge in [-0.05, 0) is 56.5 Å². The zero-order chi connectivity index (χ0) is 30.9. The van der Waals surface area contributed by atoms with Gasteiger partial charge in [0, 0.05) is 49.3 Å². The molecule has 230 valence electrons. The quantitative estimate of drug-likeness (QED) is 0.242. The molecule has 0 unspecified atom stereocenters. The van der Waals surface area contributed by atoms with Crippen LogP contribution in [0.5, 0.6) is 5.75 Å². The molecule has 0 aromatic heterocycles. The Balaban J connectivity index is 1.32. The number of hydrogen-bond donors (Lipinski definition) is 4. The van der Waals surface area contributed by atoms with E-state index in [0.717, 1.165) is 37.4 Å². The van der Waals surface area contributed by atoms with Crippen LogP contribution < -0.4 is 30.9 Å². The van der Waals surface area contributed by atoms with Crippen molar-refractivity contribution in [3.05, 3.63) is 76.6 Å². The van der Waals surface area contributed by atoms with Gasteiger partial charge in [0.1, 0.15) is 5.75 Å². The van der Waals surface area contributed by atoms with E-state index in [4.69, 9.17) is 14.2 Å². The predicted molar refractivity (Wildman–Crippen MR) is 165 cm³/mol. The van der Waals surface area contributed by atoms with Gasteiger partial charge in [-0.3, -0.25) is 0 Å². The van der Waals surface area contributed by atoms with E-state index in [0.29, 0.717) is 52.9 Å². The number of anilines is 2. The lowest BCUT2D eigenvalue weighted by Crippen LogP contribution is -2.45. The second-order valence-corrected chi connectivity index (χ2v) is 10.5. The topological polar surface area (TPSA) is 130 Å². The van der Waals surface area contributed by atoms with Crippen molar-refractivity contribution in [3.63, 3.8) is 0 Å². The molecular formula is C32H41N5O6. The molecule has 1 saturated heterocycles. The molecule has 0 aliphatic carbocycles. The maximum Gasteiger partial charge on any atom is 0.336 e. The molecule has 0 saturated carbocycles. The number of piperidine rings is 1. The Labute approximate surface area is 252 Å². The summed E-state index contributed by atoms with van der Waals surface area (Å²) in [5.41, 5.74) is 4.04. The maximum absolute atomic E-state index is 12.8. The minimum Gasteiger partial charge on any atom is -0.495 e. The number of hydrogen-bond acceptors (Lipinski definition) is 9. The van der Waals surface area contributed by atoms with Gasteiger partial charge in [-0.1, -0.05) is 24.3 Å². The molecule has 0 bridgehead atoms. The zero-order valence-corrected chi connectivity index (χ0v) is 25.4. The highest BCUT2D eigenvalue weighted by Crippen LogP contribution is 2.39. The Kier molecular flexibility index (Phi) is 10.7. The second kappa shape index (κ2) is 14.6. The molecule has 2 aromatic carbocycles. The van der Waals surface area contributed by atoms with Crippen LogP contribution in [0.15, 0.2) is 71.1 Å². The Morgan fingerprint density at radius 1 is 0.884 bits per heavy atom. The van der Waals surface area contributed by atoms with E-state index in [9.17, 15) is 14.4 Å². The van der Waals surface area contributed by atoms with Gasteiger partial charge in [0.25, 0.3) is 0 Å². The van der Waals surface area contributed by atoms with Gasteiger partial charge in [0.2, 0.25) is 0 Å². The molecule has 11 heteroatoms. The molecule has 1 fully saturated rings. The standard InChI is InChI=1S/C32H41N5O6/c1-20-27(30(38)42-4)29(28(21(2)35-20)31(39)43-5)22-9-8-10-24(19-22)36-32(40)34-16-15-33-23-13-17-37(18-14-23)25-11-6-7-12-26(25)41-3/h6-12,19,23,29,33,35H,13-18H2,1-5H3,(H2,34,36,40). The van der Waals surface area contributed by atoms with E-state index < -0.39 is 17.9 Å². The number of urea groups is 1. The zero-order valence-electron chi connectivity index (χ0n) is 25.4. The maximum atomic E-state index is 12.8. The lowest BCUT2D eigenvalue weighted by Gasteiger charge is -2.34. The molecule has 43 heavy (non-hydrogen) atoms. The SMILES string of the molecule is COC(=O)C1=C(C)NC(C)=C(C(=O)OC)C1c1cccc(NC(=O)NCCNC2CCN(c3ccccc3OC)CC2)c1. The first-order chi connectivity index (χ1) is 20.8. The monoisotopic (exact) mass is 591 g/mol. The van der Waals surface area contributed by atoms with Gasteiger partial charge in [0.05, 0.1) is 44.1 Å². The summed E-state index contributed by atoms with van der Waals surface area (Å²) in [5.74, 6) is -0.961. The summed E-state index contributed by atoms with van der Waals surface area (Å²) in [4.78, 5) is 40.6. The van der Waals surface area contributed by atoms with Crippen LogP contribution in [-0.4, -0.2) is 71.5 Å². The number of methoxy groups -OCH3 is 3. The largest absolute Gasteiger partial charge is 0.495 e. The van der Waals surface area contributed by atoms with Crippen molar-refractivity contribution in [1.29, 1.82) is 0 Å². The lowest BCUT2D eigenvalue weighted by atomic mass is 9.80. The normalized spacial score (nSPS) is 16.0. The summed E-state index contributed by atoms with van der Waals surface area (Å²) in [6.07, 6.45) is 1.99. The Bertz CT molecular complexity index is 1360. The first-order valence-corrected chi connectivity index (χ1v) is 14.4. The highest BCUT2D eigenvalue weighted by Gasteiger charge is 2.37. The number of benzene rings is 2. The molecule has 4 N–H and O–H groups in total. The summed E-state index contributed by atoms with van der Waals surface area (Å²) >= 11 is 0. The third kappa shape index (κ3) is 7.47. The summed E-state index contributed by atoms with van der Waals surface area (Å²) in [5, 5.41) is 12.4. The Morgan fingerprint density at radius 3 is 2.16 bits per heavy atom. The predicted octanol–water partition coefficient (Wildman–Crippen LogP) is 3.66. The van der Waals surface area contributed by atoms with E-state index >= 15 is 0 Å². The van der Waals surface area contributed by atoms with Gasteiger partial charge in [-0.15, -0.1) is 0 Å². The summed E-state index contributed by atoms with van der Waals surface area (Å²) in [6.45, 7) is 6.46. The molecule has 0 radical (unpaired) electrons. The van der Waals surface area contributed by atoms with Gasteiger partial charge in [0.15, 0.2) is 0 Å². The van der Waals surface area contributed by atoms with Crippen LogP contribution in [0.1, 0.15) is 38.2 Å². The van der Waals surface area contributed by atoms with Crippen molar-refractivity contribution in [1.82, 2.24) is 16.0 Å². The number of rotatable bonds is 10. The minimum atomic E-state index is -0.732. The van der Waals surface area contributed by atoms with Gasteiger partial charge in [-0.25, -0.2) is 14.4 Å². The number of carbonyl (C=O) groups is 3. The van der Waals surface area contributed by atoms with Crippen molar-refractivity contribution in [2.75, 3.05) is 57.7 Å². The average Bonchev–Trinajstić information content (AvgIpc) is 3.02. The lowest BCUT2D eigenvalue weighted by molar-refractivity contribution is -0.137. The van der Waals surface area contributed by atoms with Gasteiger partial charge < -0.3 is 40.4 Å². The third-order valence-electron chi connectivity index (χ3n) is 7.81. The fourth-order valence-corrected chi connectivity index (χ4v) is 5.73. The summed E-state index contributed by atoms with van der Waals surface area (Å²) in [6, 6.07) is 15.2. The molecule has 2 amide bonds. The van der Waals surface area contributed by atoms with E-state index in [-0.39, 0.29) is 6.03 Å². The first kappa shape index (κ1) is 31.4. The van der Waals surface area contributed by atoms with Gasteiger partial charge >= 0.3 is 18.0 Å². The fraction of sp³-hybridized carbons (Fsp3) is 0.406. The molecule has 2 aromatic rings. The van der Waals surface area contributed by atoms with E-state index in [1.165, 1.54) is 14.2 Å². The number of nitrogens with one attached hydrogen (secondary N) is 4. The van der Waals surface area contributed by atoms with Crippen LogP contribution in [0.3, 0.4) is 0 Å². The van der Waals surface area contributed by atoms with Crippen molar-refractivity contribution >= 4 is 29.3 Å². The molecule has 11 nitrogen and oxygen atoms in total. The molecule has 2 aliphatic heterocycles. The fourth-order valence-electron chi connectivity index (χ4n) is 5.73. The number of ether oxygens (including phenoxy) is 3. The summed E-state index contributed by atoms with van der Waals surface area (Å²) < 4.78 is 15.6. The first-order valence-electron chi connectivity index (χ1n) is 14.4. The van der Waals surface area contributed by atoms with Crippen LogP contribution in [0.2, 0.25) is 0 Å².